The molecule has 16 heavy (non-hydrogen) atoms. The third-order valence-corrected chi connectivity index (χ3v) is 3.29. The van der Waals surface area contributed by atoms with Gasteiger partial charge in [-0.25, -0.2) is 0 Å². The second kappa shape index (κ2) is 5.64. The Bertz CT molecular complexity index is 235. The molecule has 0 radical (unpaired) electrons. The molecule has 0 aromatic heterocycles. The van der Waals surface area contributed by atoms with Crippen LogP contribution in [-0.2, 0) is 9.53 Å². The molecule has 0 aromatic carbocycles. The molecule has 1 atom stereocenters. The number of carbonyl (C=O) groups is 1. The highest BCUT2D eigenvalue weighted by Gasteiger charge is 2.29. The fraction of sp³-hybridized carbons (Fsp3) is 0.917. The van der Waals surface area contributed by atoms with Crippen LogP contribution in [0, 0.1) is 5.92 Å². The quantitative estimate of drug-likeness (QED) is 0.776. The molecule has 1 saturated heterocycles. The van der Waals surface area contributed by atoms with E-state index in [0.29, 0.717) is 5.92 Å². The predicted octanol–water partition coefficient (Wildman–Crippen LogP) is 0.869. The third kappa shape index (κ3) is 3.46. The van der Waals surface area contributed by atoms with Crippen molar-refractivity contribution in [2.75, 3.05) is 33.9 Å². The van der Waals surface area contributed by atoms with Crippen molar-refractivity contribution in [2.45, 2.75) is 32.2 Å². The number of carbonyl (C=O) groups excluding carboxylic acids is 1. The number of ether oxygens (including phenoxy) is 1. The van der Waals surface area contributed by atoms with Crippen molar-refractivity contribution in [2.24, 2.45) is 5.92 Å². The Morgan fingerprint density at radius 2 is 2.25 bits per heavy atom. The maximum atomic E-state index is 12.1. The number of hydrogen-bond donors (Lipinski definition) is 1. The van der Waals surface area contributed by atoms with Crippen LogP contribution >= 0.6 is 0 Å². The summed E-state index contributed by atoms with van der Waals surface area (Å²) in [6.07, 6.45) is 2.28. The Balaban J connectivity index is 2.44. The standard InChI is InChI=1S/C12H24N2O2/c1-12(2,13-3)11(15)14(4)8-10-6-5-7-16-9-10/h10,13H,5-9H2,1-4H3. The van der Waals surface area contributed by atoms with Gasteiger partial charge >= 0.3 is 0 Å². The molecule has 1 N–H and O–H groups in total. The molecule has 1 fully saturated rings. The SMILES string of the molecule is CNC(C)(C)C(=O)N(C)CC1CCCOC1. The largest absolute Gasteiger partial charge is 0.381 e. The second-order valence-corrected chi connectivity index (χ2v) is 5.14. The Hall–Kier alpha value is -0.610. The minimum atomic E-state index is -0.482. The van der Waals surface area contributed by atoms with Crippen molar-refractivity contribution in [3.05, 3.63) is 0 Å². The Kier molecular flexibility index (Phi) is 4.74. The van der Waals surface area contributed by atoms with Gasteiger partial charge in [0.15, 0.2) is 0 Å². The van der Waals surface area contributed by atoms with Gasteiger partial charge in [-0.1, -0.05) is 0 Å². The van der Waals surface area contributed by atoms with Gasteiger partial charge in [0, 0.05) is 20.2 Å². The Labute approximate surface area is 98.3 Å². The summed E-state index contributed by atoms with van der Waals surface area (Å²) in [7, 11) is 3.69. The van der Waals surface area contributed by atoms with Gasteiger partial charge in [0.2, 0.25) is 5.91 Å². The van der Waals surface area contributed by atoms with E-state index in [1.807, 2.05) is 32.8 Å². The molecule has 1 unspecified atom stereocenters. The molecule has 1 amide bonds. The van der Waals surface area contributed by atoms with Crippen LogP contribution in [0.25, 0.3) is 0 Å². The minimum Gasteiger partial charge on any atom is -0.381 e. The summed E-state index contributed by atoms with van der Waals surface area (Å²) >= 11 is 0. The van der Waals surface area contributed by atoms with Crippen molar-refractivity contribution in [1.82, 2.24) is 10.2 Å². The molecule has 0 spiro atoms. The van der Waals surface area contributed by atoms with Crippen molar-refractivity contribution < 1.29 is 9.53 Å². The lowest BCUT2D eigenvalue weighted by Crippen LogP contribution is -2.52. The lowest BCUT2D eigenvalue weighted by molar-refractivity contribution is -0.136. The molecular weight excluding hydrogens is 204 g/mol. The average Bonchev–Trinajstić information content (AvgIpc) is 2.29. The molecule has 94 valence electrons. The lowest BCUT2D eigenvalue weighted by Gasteiger charge is -2.32. The predicted molar refractivity (Wildman–Crippen MR) is 64.3 cm³/mol. The highest BCUT2D eigenvalue weighted by atomic mass is 16.5. The molecule has 1 aliphatic rings. The first-order valence-corrected chi connectivity index (χ1v) is 5.99. The highest BCUT2D eigenvalue weighted by molar-refractivity contribution is 5.85. The highest BCUT2D eigenvalue weighted by Crippen LogP contribution is 2.16. The first kappa shape index (κ1) is 13.5. The fourth-order valence-corrected chi connectivity index (χ4v) is 2.01. The van der Waals surface area contributed by atoms with Gasteiger partial charge in [0.05, 0.1) is 12.1 Å². The number of likely N-dealkylation sites (N-methyl/N-ethyl adjacent to an activating group) is 2. The van der Waals surface area contributed by atoms with Gasteiger partial charge in [-0.15, -0.1) is 0 Å². The van der Waals surface area contributed by atoms with E-state index in [9.17, 15) is 4.79 Å². The zero-order valence-electron chi connectivity index (χ0n) is 10.9. The van der Waals surface area contributed by atoms with Crippen LogP contribution in [0.15, 0.2) is 0 Å². The van der Waals surface area contributed by atoms with Gasteiger partial charge in [-0.2, -0.15) is 0 Å². The zero-order chi connectivity index (χ0) is 12.2. The summed E-state index contributed by atoms with van der Waals surface area (Å²) in [5.41, 5.74) is -0.482. The number of rotatable bonds is 4. The van der Waals surface area contributed by atoms with E-state index >= 15 is 0 Å². The maximum absolute atomic E-state index is 12.1. The van der Waals surface area contributed by atoms with Gasteiger partial charge in [-0.05, 0) is 39.7 Å². The van der Waals surface area contributed by atoms with Crippen LogP contribution in [0.1, 0.15) is 26.7 Å². The first-order valence-electron chi connectivity index (χ1n) is 5.99. The van der Waals surface area contributed by atoms with Crippen LogP contribution < -0.4 is 5.32 Å². The van der Waals surface area contributed by atoms with E-state index in [-0.39, 0.29) is 5.91 Å². The maximum Gasteiger partial charge on any atom is 0.242 e. The Morgan fingerprint density at radius 1 is 1.56 bits per heavy atom. The molecular formula is C12H24N2O2. The van der Waals surface area contributed by atoms with Gasteiger partial charge in [0.25, 0.3) is 0 Å². The zero-order valence-corrected chi connectivity index (χ0v) is 10.9. The lowest BCUT2D eigenvalue weighted by atomic mass is 9.99. The third-order valence-electron chi connectivity index (χ3n) is 3.29. The molecule has 0 aliphatic carbocycles. The second-order valence-electron chi connectivity index (χ2n) is 5.14. The van der Waals surface area contributed by atoms with E-state index in [4.69, 9.17) is 4.74 Å². The Morgan fingerprint density at radius 3 is 2.75 bits per heavy atom. The first-order chi connectivity index (χ1) is 7.47. The summed E-state index contributed by atoms with van der Waals surface area (Å²) in [6, 6.07) is 0. The van der Waals surface area contributed by atoms with E-state index in [1.54, 1.807) is 0 Å². The van der Waals surface area contributed by atoms with Crippen LogP contribution in [0.4, 0.5) is 0 Å². The summed E-state index contributed by atoms with van der Waals surface area (Å²) < 4.78 is 5.42. The normalized spacial score (nSPS) is 21.9. The summed E-state index contributed by atoms with van der Waals surface area (Å²) in [5, 5.41) is 3.04. The van der Waals surface area contributed by atoms with Crippen LogP contribution in [0.5, 0.6) is 0 Å². The topological polar surface area (TPSA) is 41.6 Å². The van der Waals surface area contributed by atoms with Gasteiger partial charge in [-0.3, -0.25) is 4.79 Å². The molecule has 0 bridgehead atoms. The number of nitrogens with zero attached hydrogens (tertiary/aromatic N) is 1. The molecule has 4 heteroatoms. The van der Waals surface area contributed by atoms with Gasteiger partial charge < -0.3 is 15.0 Å². The summed E-state index contributed by atoms with van der Waals surface area (Å²) in [6.45, 7) is 6.27. The van der Waals surface area contributed by atoms with Crippen LogP contribution in [-0.4, -0.2) is 50.2 Å². The number of hydrogen-bond acceptors (Lipinski definition) is 3. The van der Waals surface area contributed by atoms with E-state index in [0.717, 1.165) is 32.6 Å². The fourth-order valence-electron chi connectivity index (χ4n) is 2.01. The minimum absolute atomic E-state index is 0.139. The van der Waals surface area contributed by atoms with E-state index in [1.165, 1.54) is 0 Å². The molecule has 0 aromatic rings. The summed E-state index contributed by atoms with van der Waals surface area (Å²) in [5.74, 6) is 0.635. The van der Waals surface area contributed by atoms with Crippen LogP contribution in [0.2, 0.25) is 0 Å². The van der Waals surface area contributed by atoms with Gasteiger partial charge in [0.1, 0.15) is 0 Å². The van der Waals surface area contributed by atoms with Crippen molar-refractivity contribution in [3.8, 4) is 0 Å². The van der Waals surface area contributed by atoms with Crippen molar-refractivity contribution >= 4 is 5.91 Å². The molecule has 4 nitrogen and oxygen atoms in total. The van der Waals surface area contributed by atoms with E-state index in [2.05, 4.69) is 5.32 Å². The number of nitrogens with one attached hydrogen (secondary N) is 1. The molecule has 1 rings (SSSR count). The molecule has 1 aliphatic heterocycles. The van der Waals surface area contributed by atoms with Crippen LogP contribution in [0.3, 0.4) is 0 Å². The monoisotopic (exact) mass is 228 g/mol. The van der Waals surface area contributed by atoms with Crippen molar-refractivity contribution in [3.63, 3.8) is 0 Å². The molecule has 1 heterocycles. The van der Waals surface area contributed by atoms with E-state index < -0.39 is 5.54 Å². The molecule has 0 saturated carbocycles. The number of amides is 1. The summed E-state index contributed by atoms with van der Waals surface area (Å²) in [4.78, 5) is 13.9. The smallest absolute Gasteiger partial charge is 0.242 e. The average molecular weight is 228 g/mol. The van der Waals surface area contributed by atoms with Crippen molar-refractivity contribution in [1.29, 1.82) is 0 Å².